The lowest BCUT2D eigenvalue weighted by Crippen LogP contribution is -2.45. The van der Waals surface area contributed by atoms with Crippen molar-refractivity contribution < 1.29 is 4.79 Å². The van der Waals surface area contributed by atoms with Gasteiger partial charge in [0.05, 0.1) is 12.1 Å². The molecule has 1 heterocycles. The maximum Gasteiger partial charge on any atom is 0.237 e. The first-order valence-corrected chi connectivity index (χ1v) is 8.36. The van der Waals surface area contributed by atoms with E-state index in [4.69, 9.17) is 11.6 Å². The van der Waals surface area contributed by atoms with Gasteiger partial charge >= 0.3 is 0 Å². The number of benzene rings is 1. The summed E-state index contributed by atoms with van der Waals surface area (Å²) in [5.41, 5.74) is 1.12. The molecule has 0 bridgehead atoms. The molecule has 0 radical (unpaired) electrons. The Hall–Kier alpha value is -1.06. The zero-order valence-corrected chi connectivity index (χ0v) is 13.2. The zero-order chi connectivity index (χ0) is 14.8. The highest BCUT2D eigenvalue weighted by molar-refractivity contribution is 6.30. The number of amides is 1. The number of fused-ring (bicyclic) bond motifs is 1. The minimum Gasteiger partial charge on any atom is -0.348 e. The summed E-state index contributed by atoms with van der Waals surface area (Å²) in [4.78, 5) is 12.6. The fraction of sp³-hybridized carbons (Fsp3) is 0.588. The number of hydrogen-bond acceptors (Lipinski definition) is 2. The Kier molecular flexibility index (Phi) is 4.51. The van der Waals surface area contributed by atoms with Crippen molar-refractivity contribution in [1.29, 1.82) is 0 Å². The summed E-state index contributed by atoms with van der Waals surface area (Å²) >= 11 is 5.93. The molecule has 4 atom stereocenters. The van der Waals surface area contributed by atoms with Crippen molar-refractivity contribution in [3.8, 4) is 0 Å². The predicted molar refractivity (Wildman–Crippen MR) is 85.2 cm³/mol. The lowest BCUT2D eigenvalue weighted by molar-refractivity contribution is -0.124. The van der Waals surface area contributed by atoms with E-state index >= 15 is 0 Å². The lowest BCUT2D eigenvalue weighted by atomic mass is 9.93. The van der Waals surface area contributed by atoms with Gasteiger partial charge in [0.25, 0.3) is 0 Å². The van der Waals surface area contributed by atoms with Crippen LogP contribution in [0.1, 0.15) is 44.2 Å². The molecule has 3 rings (SSSR count). The summed E-state index contributed by atoms with van der Waals surface area (Å²) in [6.45, 7) is 3.10. The van der Waals surface area contributed by atoms with Gasteiger partial charge in [-0.05, 0) is 55.3 Å². The third-order valence-electron chi connectivity index (χ3n) is 5.03. The SMILES string of the molecule is CCC(NC(=O)C1NCC2CCCC21)c1ccc(Cl)cc1. The molecule has 1 aliphatic heterocycles. The first-order valence-electron chi connectivity index (χ1n) is 7.98. The van der Waals surface area contributed by atoms with Crippen LogP contribution in [0.4, 0.5) is 0 Å². The molecule has 3 nitrogen and oxygen atoms in total. The van der Waals surface area contributed by atoms with Crippen molar-refractivity contribution in [2.75, 3.05) is 6.54 Å². The third kappa shape index (κ3) is 3.09. The minimum absolute atomic E-state index is 0.00106. The molecular formula is C17H23ClN2O. The van der Waals surface area contributed by atoms with Gasteiger partial charge in [-0.15, -0.1) is 0 Å². The Balaban J connectivity index is 1.66. The largest absolute Gasteiger partial charge is 0.348 e. The summed E-state index contributed by atoms with van der Waals surface area (Å²) in [6.07, 6.45) is 4.62. The Morgan fingerprint density at radius 3 is 2.86 bits per heavy atom. The first-order chi connectivity index (χ1) is 10.2. The van der Waals surface area contributed by atoms with Gasteiger partial charge in [-0.1, -0.05) is 37.1 Å². The van der Waals surface area contributed by atoms with E-state index in [1.54, 1.807) is 0 Å². The molecule has 1 saturated heterocycles. The van der Waals surface area contributed by atoms with Gasteiger partial charge in [-0.2, -0.15) is 0 Å². The monoisotopic (exact) mass is 306 g/mol. The maximum atomic E-state index is 12.6. The molecule has 1 aromatic carbocycles. The molecule has 2 aliphatic rings. The second-order valence-electron chi connectivity index (χ2n) is 6.26. The van der Waals surface area contributed by atoms with Crippen LogP contribution in [0.25, 0.3) is 0 Å². The summed E-state index contributed by atoms with van der Waals surface area (Å²) in [5, 5.41) is 7.36. The molecule has 1 saturated carbocycles. The number of nitrogens with one attached hydrogen (secondary N) is 2. The molecule has 2 N–H and O–H groups in total. The van der Waals surface area contributed by atoms with Gasteiger partial charge in [0.1, 0.15) is 0 Å². The van der Waals surface area contributed by atoms with Crippen molar-refractivity contribution in [2.45, 2.75) is 44.7 Å². The summed E-state index contributed by atoms with van der Waals surface area (Å²) in [5.74, 6) is 1.40. The average Bonchev–Trinajstić information content (AvgIpc) is 3.08. The van der Waals surface area contributed by atoms with Gasteiger partial charge in [-0.25, -0.2) is 0 Å². The zero-order valence-electron chi connectivity index (χ0n) is 12.4. The van der Waals surface area contributed by atoms with E-state index in [1.165, 1.54) is 19.3 Å². The van der Waals surface area contributed by atoms with Crippen LogP contribution in [0, 0.1) is 11.8 Å². The number of hydrogen-bond donors (Lipinski definition) is 2. The Bertz CT molecular complexity index is 502. The van der Waals surface area contributed by atoms with Gasteiger partial charge < -0.3 is 10.6 Å². The average molecular weight is 307 g/mol. The first kappa shape index (κ1) is 14.9. The second-order valence-corrected chi connectivity index (χ2v) is 6.70. The summed E-state index contributed by atoms with van der Waals surface area (Å²) in [6, 6.07) is 7.82. The minimum atomic E-state index is -0.00106. The van der Waals surface area contributed by atoms with Crippen LogP contribution in [0.2, 0.25) is 5.02 Å². The molecule has 0 aromatic heterocycles. The molecule has 1 amide bonds. The molecule has 4 heteroatoms. The quantitative estimate of drug-likeness (QED) is 0.896. The number of halogens is 1. The van der Waals surface area contributed by atoms with Crippen LogP contribution in [0.5, 0.6) is 0 Å². The molecule has 1 aliphatic carbocycles. The van der Waals surface area contributed by atoms with E-state index < -0.39 is 0 Å². The standard InChI is InChI=1S/C17H23ClN2O/c1-2-15(11-6-8-13(18)9-7-11)20-17(21)16-14-5-3-4-12(14)10-19-16/h6-9,12,14-16,19H,2-5,10H2,1H3,(H,20,21). The molecule has 2 fully saturated rings. The van der Waals surface area contributed by atoms with Gasteiger partial charge in [0.2, 0.25) is 5.91 Å². The fourth-order valence-corrected chi connectivity index (χ4v) is 3.98. The highest BCUT2D eigenvalue weighted by atomic mass is 35.5. The van der Waals surface area contributed by atoms with Crippen LogP contribution in [0.15, 0.2) is 24.3 Å². The Morgan fingerprint density at radius 1 is 1.38 bits per heavy atom. The van der Waals surface area contributed by atoms with E-state index in [0.29, 0.717) is 11.8 Å². The molecule has 1 aromatic rings. The van der Waals surface area contributed by atoms with Crippen molar-refractivity contribution in [2.24, 2.45) is 11.8 Å². The van der Waals surface area contributed by atoms with Crippen LogP contribution in [0.3, 0.4) is 0 Å². The predicted octanol–water partition coefficient (Wildman–Crippen LogP) is 3.30. The molecule has 114 valence electrons. The molecular weight excluding hydrogens is 284 g/mol. The number of rotatable bonds is 4. The van der Waals surface area contributed by atoms with E-state index in [-0.39, 0.29) is 18.0 Å². The van der Waals surface area contributed by atoms with E-state index in [1.807, 2.05) is 24.3 Å². The highest BCUT2D eigenvalue weighted by Gasteiger charge is 2.42. The number of carbonyl (C=O) groups excluding carboxylic acids is 1. The van der Waals surface area contributed by atoms with Crippen LogP contribution >= 0.6 is 11.6 Å². The normalized spacial score (nSPS) is 29.1. The smallest absolute Gasteiger partial charge is 0.237 e. The van der Waals surface area contributed by atoms with Crippen LogP contribution in [-0.2, 0) is 4.79 Å². The van der Waals surface area contributed by atoms with Crippen molar-refractivity contribution in [3.63, 3.8) is 0 Å². The van der Waals surface area contributed by atoms with Crippen LogP contribution in [-0.4, -0.2) is 18.5 Å². The summed E-state index contributed by atoms with van der Waals surface area (Å²) in [7, 11) is 0. The molecule has 0 spiro atoms. The number of carbonyl (C=O) groups is 1. The highest BCUT2D eigenvalue weighted by Crippen LogP contribution is 2.37. The lowest BCUT2D eigenvalue weighted by Gasteiger charge is -2.23. The summed E-state index contributed by atoms with van der Waals surface area (Å²) < 4.78 is 0. The fourth-order valence-electron chi connectivity index (χ4n) is 3.85. The maximum absolute atomic E-state index is 12.6. The Morgan fingerprint density at radius 2 is 2.14 bits per heavy atom. The van der Waals surface area contributed by atoms with E-state index in [2.05, 4.69) is 17.6 Å². The van der Waals surface area contributed by atoms with Gasteiger partial charge in [0.15, 0.2) is 0 Å². The van der Waals surface area contributed by atoms with Crippen molar-refractivity contribution in [1.82, 2.24) is 10.6 Å². The van der Waals surface area contributed by atoms with Crippen molar-refractivity contribution >= 4 is 17.5 Å². The van der Waals surface area contributed by atoms with Gasteiger partial charge in [0, 0.05) is 5.02 Å². The topological polar surface area (TPSA) is 41.1 Å². The van der Waals surface area contributed by atoms with E-state index in [0.717, 1.165) is 23.6 Å². The Labute approximate surface area is 131 Å². The van der Waals surface area contributed by atoms with E-state index in [9.17, 15) is 4.79 Å². The van der Waals surface area contributed by atoms with Gasteiger partial charge in [-0.3, -0.25) is 4.79 Å². The molecule has 4 unspecified atom stereocenters. The third-order valence-corrected chi connectivity index (χ3v) is 5.28. The second kappa shape index (κ2) is 6.37. The molecule has 21 heavy (non-hydrogen) atoms. The van der Waals surface area contributed by atoms with Crippen LogP contribution < -0.4 is 10.6 Å². The van der Waals surface area contributed by atoms with Crippen molar-refractivity contribution in [3.05, 3.63) is 34.9 Å².